The van der Waals surface area contributed by atoms with E-state index >= 15 is 0 Å². The Balaban J connectivity index is 1.36. The van der Waals surface area contributed by atoms with Gasteiger partial charge in [0, 0.05) is 51.4 Å². The summed E-state index contributed by atoms with van der Waals surface area (Å²) in [5.74, 6) is 0.0272. The second-order valence-corrected chi connectivity index (χ2v) is 11.0. The average Bonchev–Trinajstić information content (AvgIpc) is 3.62. The first-order valence-corrected chi connectivity index (χ1v) is 13.2. The molecule has 1 aromatic rings. The number of carbonyl (C=O) groups is 2. The predicted molar refractivity (Wildman–Crippen MR) is 137 cm³/mol. The van der Waals surface area contributed by atoms with Crippen LogP contribution in [0.4, 0.5) is 10.5 Å². The van der Waals surface area contributed by atoms with Crippen LogP contribution in [0.1, 0.15) is 39.0 Å². The van der Waals surface area contributed by atoms with Crippen molar-refractivity contribution in [2.24, 2.45) is 5.41 Å². The fourth-order valence-corrected chi connectivity index (χ4v) is 5.66. The van der Waals surface area contributed by atoms with Gasteiger partial charge in [-0.1, -0.05) is 23.2 Å². The maximum atomic E-state index is 13.1. The van der Waals surface area contributed by atoms with E-state index in [0.717, 1.165) is 38.8 Å². The zero-order chi connectivity index (χ0) is 25.2. The Bertz CT molecular complexity index is 929. The van der Waals surface area contributed by atoms with Gasteiger partial charge in [0.2, 0.25) is 5.91 Å². The van der Waals surface area contributed by atoms with E-state index in [1.807, 2.05) is 11.8 Å². The van der Waals surface area contributed by atoms with E-state index < -0.39 is 0 Å². The molecular formula is C25H36Cl2N4O4. The Morgan fingerprint density at radius 2 is 2.00 bits per heavy atom. The molecule has 10 heteroatoms. The summed E-state index contributed by atoms with van der Waals surface area (Å²) in [6.45, 7) is 5.67. The van der Waals surface area contributed by atoms with Crippen molar-refractivity contribution in [2.45, 2.75) is 57.2 Å². The SMILES string of the molecule is COC[C@H](CCN1CCC2(CC2)[C@H](O)C1)N1C[C@@H](C)N(C(=O)Nc2ccc(Cl)c(Cl)c2)CCC1=O. The number of hydrogen-bond acceptors (Lipinski definition) is 5. The van der Waals surface area contributed by atoms with Gasteiger partial charge in [-0.15, -0.1) is 0 Å². The Labute approximate surface area is 217 Å². The molecular weight excluding hydrogens is 491 g/mol. The zero-order valence-electron chi connectivity index (χ0n) is 20.5. The fraction of sp³-hybridized carbons (Fsp3) is 0.680. The van der Waals surface area contributed by atoms with Gasteiger partial charge in [-0.25, -0.2) is 4.79 Å². The van der Waals surface area contributed by atoms with E-state index in [1.54, 1.807) is 30.2 Å². The molecule has 35 heavy (non-hydrogen) atoms. The number of likely N-dealkylation sites (tertiary alicyclic amines) is 1. The molecule has 3 amide bonds. The second-order valence-electron chi connectivity index (χ2n) is 10.2. The van der Waals surface area contributed by atoms with E-state index in [-0.39, 0.29) is 42.0 Å². The number of hydrogen-bond donors (Lipinski definition) is 2. The van der Waals surface area contributed by atoms with Crippen molar-refractivity contribution in [3.05, 3.63) is 28.2 Å². The molecule has 0 unspecified atom stereocenters. The van der Waals surface area contributed by atoms with Gasteiger partial charge < -0.3 is 29.9 Å². The van der Waals surface area contributed by atoms with Crippen molar-refractivity contribution in [1.82, 2.24) is 14.7 Å². The molecule has 2 heterocycles. The number of aliphatic hydroxyl groups excluding tert-OH is 1. The molecule has 2 aliphatic heterocycles. The average molecular weight is 527 g/mol. The van der Waals surface area contributed by atoms with Crippen molar-refractivity contribution in [3.63, 3.8) is 0 Å². The van der Waals surface area contributed by atoms with Crippen molar-refractivity contribution < 1.29 is 19.4 Å². The zero-order valence-corrected chi connectivity index (χ0v) is 22.0. The van der Waals surface area contributed by atoms with Crippen LogP contribution in [0.2, 0.25) is 10.0 Å². The van der Waals surface area contributed by atoms with Crippen LogP contribution >= 0.6 is 23.2 Å². The first kappa shape index (κ1) is 26.5. The van der Waals surface area contributed by atoms with Gasteiger partial charge in [0.25, 0.3) is 0 Å². The van der Waals surface area contributed by atoms with Crippen LogP contribution in [-0.2, 0) is 9.53 Å². The quantitative estimate of drug-likeness (QED) is 0.565. The monoisotopic (exact) mass is 526 g/mol. The van der Waals surface area contributed by atoms with Crippen molar-refractivity contribution in [1.29, 1.82) is 0 Å². The molecule has 1 aliphatic carbocycles. The Morgan fingerprint density at radius 1 is 1.23 bits per heavy atom. The van der Waals surface area contributed by atoms with Crippen LogP contribution in [0.3, 0.4) is 0 Å². The minimum atomic E-state index is -0.273. The molecule has 2 saturated heterocycles. The number of aliphatic hydroxyl groups is 1. The summed E-state index contributed by atoms with van der Waals surface area (Å²) in [6, 6.07) is 4.42. The lowest BCUT2D eigenvalue weighted by Crippen LogP contribution is -2.50. The summed E-state index contributed by atoms with van der Waals surface area (Å²) < 4.78 is 5.48. The molecule has 194 valence electrons. The van der Waals surface area contributed by atoms with Gasteiger partial charge in [-0.05, 0) is 62.8 Å². The summed E-state index contributed by atoms with van der Waals surface area (Å²) in [4.78, 5) is 32.0. The highest BCUT2D eigenvalue weighted by molar-refractivity contribution is 6.42. The third kappa shape index (κ3) is 6.23. The van der Waals surface area contributed by atoms with Crippen LogP contribution in [0.5, 0.6) is 0 Å². The van der Waals surface area contributed by atoms with Gasteiger partial charge in [-0.2, -0.15) is 0 Å². The maximum absolute atomic E-state index is 13.1. The van der Waals surface area contributed by atoms with Gasteiger partial charge in [0.15, 0.2) is 0 Å². The Hall–Kier alpha value is -1.58. The molecule has 1 saturated carbocycles. The van der Waals surface area contributed by atoms with Crippen LogP contribution < -0.4 is 5.32 Å². The first-order chi connectivity index (χ1) is 16.7. The molecule has 0 aromatic heterocycles. The Kier molecular flexibility index (Phi) is 8.49. The summed E-state index contributed by atoms with van der Waals surface area (Å²) in [5, 5.41) is 14.2. The number of nitrogens with one attached hydrogen (secondary N) is 1. The van der Waals surface area contributed by atoms with E-state index in [4.69, 9.17) is 27.9 Å². The first-order valence-electron chi connectivity index (χ1n) is 12.4. The predicted octanol–water partition coefficient (Wildman–Crippen LogP) is 3.70. The van der Waals surface area contributed by atoms with E-state index in [2.05, 4.69) is 10.2 Å². The summed E-state index contributed by atoms with van der Waals surface area (Å²) in [7, 11) is 1.65. The van der Waals surface area contributed by atoms with E-state index in [9.17, 15) is 14.7 Å². The highest BCUT2D eigenvalue weighted by Crippen LogP contribution is 2.53. The van der Waals surface area contributed by atoms with Gasteiger partial charge in [0.05, 0.1) is 28.8 Å². The number of nitrogens with zero attached hydrogens (tertiary/aromatic N) is 3. The number of benzene rings is 1. The maximum Gasteiger partial charge on any atom is 0.322 e. The molecule has 2 N–H and O–H groups in total. The highest BCUT2D eigenvalue weighted by atomic mass is 35.5. The summed E-state index contributed by atoms with van der Waals surface area (Å²) >= 11 is 12.0. The smallest absolute Gasteiger partial charge is 0.322 e. The summed E-state index contributed by atoms with van der Waals surface area (Å²) in [5.41, 5.74) is 0.734. The number of halogens is 2. The highest BCUT2D eigenvalue weighted by Gasteiger charge is 2.51. The lowest BCUT2D eigenvalue weighted by molar-refractivity contribution is -0.134. The normalized spacial score (nSPS) is 25.5. The van der Waals surface area contributed by atoms with Crippen LogP contribution in [0.15, 0.2) is 18.2 Å². The molecule has 3 atom stereocenters. The number of methoxy groups -OCH3 is 1. The van der Waals surface area contributed by atoms with Crippen molar-refractivity contribution in [3.8, 4) is 0 Å². The fourth-order valence-electron chi connectivity index (χ4n) is 5.37. The number of urea groups is 1. The number of β-amino-alcohol motifs (C(OH)–C–C–N with tert-alkyl or cyclic N) is 1. The number of rotatable bonds is 7. The van der Waals surface area contributed by atoms with Gasteiger partial charge >= 0.3 is 6.03 Å². The third-order valence-electron chi connectivity index (χ3n) is 7.85. The number of anilines is 1. The molecule has 0 bridgehead atoms. The summed E-state index contributed by atoms with van der Waals surface area (Å²) in [6.07, 6.45) is 4.10. The molecule has 8 nitrogen and oxygen atoms in total. The van der Waals surface area contributed by atoms with E-state index in [1.165, 1.54) is 0 Å². The second kappa shape index (κ2) is 11.2. The minimum absolute atomic E-state index is 0.0272. The van der Waals surface area contributed by atoms with Crippen LogP contribution in [0, 0.1) is 5.41 Å². The molecule has 3 fully saturated rings. The number of ether oxygens (including phenoxy) is 1. The lowest BCUT2D eigenvalue weighted by Gasteiger charge is -2.38. The molecule has 0 radical (unpaired) electrons. The molecule has 1 spiro atoms. The number of amides is 3. The lowest BCUT2D eigenvalue weighted by atomic mass is 9.90. The van der Waals surface area contributed by atoms with Gasteiger partial charge in [-0.3, -0.25) is 4.79 Å². The topological polar surface area (TPSA) is 85.3 Å². The van der Waals surface area contributed by atoms with Crippen LogP contribution in [0.25, 0.3) is 0 Å². The number of piperidine rings is 1. The van der Waals surface area contributed by atoms with Crippen molar-refractivity contribution in [2.75, 3.05) is 51.8 Å². The van der Waals surface area contributed by atoms with Crippen LogP contribution in [-0.4, -0.2) is 96.4 Å². The van der Waals surface area contributed by atoms with Crippen molar-refractivity contribution >= 4 is 40.8 Å². The van der Waals surface area contributed by atoms with Gasteiger partial charge in [0.1, 0.15) is 0 Å². The minimum Gasteiger partial charge on any atom is -0.391 e. The molecule has 3 aliphatic rings. The largest absolute Gasteiger partial charge is 0.391 e. The molecule has 4 rings (SSSR count). The third-order valence-corrected chi connectivity index (χ3v) is 8.59. The van der Waals surface area contributed by atoms with E-state index in [0.29, 0.717) is 42.0 Å². The standard InChI is InChI=1S/C25H36Cl2N4O4/c1-17-14-31(19(16-35-2)5-10-29-12-9-25(7-8-25)22(32)15-29)23(33)6-11-30(17)24(34)28-18-3-4-20(26)21(27)13-18/h3-4,13,17,19,22,32H,5-12,14-16H2,1-2H3,(H,28,34)/t17-,19+,22-/m1/s1. The molecule has 1 aromatic carbocycles. The number of carbonyl (C=O) groups excluding carboxylic acids is 2. The Morgan fingerprint density at radius 3 is 2.66 bits per heavy atom.